The lowest BCUT2D eigenvalue weighted by molar-refractivity contribution is 0.00852. The zero-order valence-corrected chi connectivity index (χ0v) is 9.66. The number of nitrogens with one attached hydrogen (secondary N) is 2. The summed E-state index contributed by atoms with van der Waals surface area (Å²) in [5.41, 5.74) is 2.63. The van der Waals surface area contributed by atoms with Gasteiger partial charge < -0.3 is 10.4 Å². The summed E-state index contributed by atoms with van der Waals surface area (Å²) in [4.78, 5) is 7.88. The molecule has 0 aromatic carbocycles. The Balaban J connectivity index is 2.09. The lowest BCUT2D eigenvalue weighted by Gasteiger charge is -2.14. The number of nitrogens with zero attached hydrogens (tertiary/aromatic N) is 2. The number of hydrazine groups is 1. The van der Waals surface area contributed by atoms with Gasteiger partial charge in [-0.25, -0.2) is 19.6 Å². The largest absolute Gasteiger partial charge is 0.390 e. The highest BCUT2D eigenvalue weighted by Gasteiger charge is 2.39. The van der Waals surface area contributed by atoms with E-state index in [1.165, 1.54) is 6.07 Å². The Bertz CT molecular complexity index is 406. The van der Waals surface area contributed by atoms with Crippen molar-refractivity contribution in [3.8, 4) is 0 Å². The number of nitrogen functional groups attached to an aromatic ring is 1. The van der Waals surface area contributed by atoms with E-state index in [-0.39, 0.29) is 31.4 Å². The third-order valence-electron chi connectivity index (χ3n) is 2.83. The first-order valence-corrected chi connectivity index (χ1v) is 5.62. The zero-order chi connectivity index (χ0) is 13.2. The predicted octanol–water partition coefficient (Wildman–Crippen LogP) is 0.854. The molecule has 1 aliphatic carbocycles. The second-order valence-corrected chi connectivity index (χ2v) is 4.31. The molecule has 100 valence electrons. The first-order valence-electron chi connectivity index (χ1n) is 5.62. The van der Waals surface area contributed by atoms with Gasteiger partial charge in [0.05, 0.1) is 12.3 Å². The van der Waals surface area contributed by atoms with Crippen molar-refractivity contribution in [2.24, 2.45) is 5.84 Å². The molecule has 1 saturated carbocycles. The highest BCUT2D eigenvalue weighted by Crippen LogP contribution is 2.36. The van der Waals surface area contributed by atoms with E-state index in [1.807, 2.05) is 0 Å². The SMILES string of the molecule is NNc1nc(CO)cc(NC2CCC(F)(F)C2)n1. The van der Waals surface area contributed by atoms with Gasteiger partial charge in [0.1, 0.15) is 5.82 Å². The number of anilines is 2. The van der Waals surface area contributed by atoms with Crippen molar-refractivity contribution >= 4 is 11.8 Å². The lowest BCUT2D eigenvalue weighted by atomic mass is 10.2. The van der Waals surface area contributed by atoms with Crippen LogP contribution in [0, 0.1) is 0 Å². The van der Waals surface area contributed by atoms with Crippen LogP contribution >= 0.6 is 0 Å². The Hall–Kier alpha value is -1.54. The number of hydrogen-bond acceptors (Lipinski definition) is 6. The molecule has 6 nitrogen and oxygen atoms in total. The quantitative estimate of drug-likeness (QED) is 0.473. The third-order valence-corrected chi connectivity index (χ3v) is 2.83. The molecule has 18 heavy (non-hydrogen) atoms. The number of alkyl halides is 2. The maximum Gasteiger partial charge on any atom is 0.250 e. The van der Waals surface area contributed by atoms with Crippen LogP contribution in [0.4, 0.5) is 20.5 Å². The van der Waals surface area contributed by atoms with Gasteiger partial charge in [-0.3, -0.25) is 5.43 Å². The Morgan fingerprint density at radius 2 is 2.28 bits per heavy atom. The fourth-order valence-electron chi connectivity index (χ4n) is 2.00. The molecule has 0 aliphatic heterocycles. The summed E-state index contributed by atoms with van der Waals surface area (Å²) in [5, 5.41) is 11.9. The maximum absolute atomic E-state index is 13.0. The van der Waals surface area contributed by atoms with E-state index in [0.29, 0.717) is 17.9 Å². The van der Waals surface area contributed by atoms with E-state index >= 15 is 0 Å². The van der Waals surface area contributed by atoms with E-state index in [2.05, 4.69) is 20.7 Å². The van der Waals surface area contributed by atoms with E-state index in [4.69, 9.17) is 10.9 Å². The first kappa shape index (κ1) is 12.9. The number of rotatable bonds is 4. The molecule has 1 heterocycles. The third kappa shape index (κ3) is 3.02. The molecule has 2 rings (SSSR count). The highest BCUT2D eigenvalue weighted by atomic mass is 19.3. The molecule has 5 N–H and O–H groups in total. The van der Waals surface area contributed by atoms with Crippen molar-refractivity contribution in [2.45, 2.75) is 37.8 Å². The number of hydrogen-bond donors (Lipinski definition) is 4. The Labute approximate surface area is 103 Å². The summed E-state index contributed by atoms with van der Waals surface area (Å²) >= 11 is 0. The average Bonchev–Trinajstić information content (AvgIpc) is 2.68. The van der Waals surface area contributed by atoms with Gasteiger partial charge >= 0.3 is 0 Å². The Morgan fingerprint density at radius 3 is 2.83 bits per heavy atom. The van der Waals surface area contributed by atoms with Crippen molar-refractivity contribution in [2.75, 3.05) is 10.7 Å². The van der Waals surface area contributed by atoms with Gasteiger partial charge in [0, 0.05) is 24.9 Å². The number of aliphatic hydroxyl groups is 1. The van der Waals surface area contributed by atoms with Gasteiger partial charge in [0.15, 0.2) is 0 Å². The lowest BCUT2D eigenvalue weighted by Crippen LogP contribution is -2.21. The van der Waals surface area contributed by atoms with Crippen LogP contribution in [0.5, 0.6) is 0 Å². The van der Waals surface area contributed by atoms with Crippen molar-refractivity contribution < 1.29 is 13.9 Å². The molecular formula is C10H15F2N5O. The van der Waals surface area contributed by atoms with Gasteiger partial charge in [-0.2, -0.15) is 4.98 Å². The fourth-order valence-corrected chi connectivity index (χ4v) is 2.00. The molecule has 1 fully saturated rings. The minimum atomic E-state index is -2.61. The van der Waals surface area contributed by atoms with E-state index < -0.39 is 5.92 Å². The standard InChI is InChI=1S/C10H15F2N5O/c11-10(12)2-1-6(4-10)14-8-3-7(5-18)15-9(16-8)17-13/h3,6,18H,1-2,4-5,13H2,(H2,14,15,16,17). The summed E-state index contributed by atoms with van der Waals surface area (Å²) in [6.45, 7) is -0.271. The number of halogens is 2. The van der Waals surface area contributed by atoms with Crippen molar-refractivity contribution in [1.29, 1.82) is 0 Å². The minimum Gasteiger partial charge on any atom is -0.390 e. The van der Waals surface area contributed by atoms with Crippen molar-refractivity contribution in [1.82, 2.24) is 9.97 Å². The average molecular weight is 259 g/mol. The molecule has 1 aromatic heterocycles. The first-order chi connectivity index (χ1) is 8.52. The molecule has 0 saturated heterocycles. The summed E-state index contributed by atoms with van der Waals surface area (Å²) < 4.78 is 26.1. The van der Waals surface area contributed by atoms with Gasteiger partial charge in [-0.1, -0.05) is 0 Å². The van der Waals surface area contributed by atoms with Crippen LogP contribution in [0.1, 0.15) is 25.0 Å². The van der Waals surface area contributed by atoms with Crippen LogP contribution in [0.3, 0.4) is 0 Å². The predicted molar refractivity (Wildman–Crippen MR) is 62.0 cm³/mol. The second kappa shape index (κ2) is 4.99. The Morgan fingerprint density at radius 1 is 1.50 bits per heavy atom. The van der Waals surface area contributed by atoms with E-state index in [1.54, 1.807) is 0 Å². The fraction of sp³-hybridized carbons (Fsp3) is 0.600. The van der Waals surface area contributed by atoms with Gasteiger partial charge in [-0.05, 0) is 6.42 Å². The number of aromatic nitrogens is 2. The van der Waals surface area contributed by atoms with Crippen molar-refractivity contribution in [3.63, 3.8) is 0 Å². The summed E-state index contributed by atoms with van der Waals surface area (Å²) in [5.74, 6) is 3.09. The molecule has 1 aromatic rings. The molecule has 1 atom stereocenters. The van der Waals surface area contributed by atoms with Crippen LogP contribution in [0.15, 0.2) is 6.07 Å². The van der Waals surface area contributed by atoms with E-state index in [0.717, 1.165) is 0 Å². The topological polar surface area (TPSA) is 96.1 Å². The monoisotopic (exact) mass is 259 g/mol. The summed E-state index contributed by atoms with van der Waals surface area (Å²) in [6, 6.07) is 1.18. The van der Waals surface area contributed by atoms with Crippen LogP contribution < -0.4 is 16.6 Å². The number of nitrogens with two attached hydrogens (primary N) is 1. The zero-order valence-electron chi connectivity index (χ0n) is 9.66. The Kier molecular flexibility index (Phi) is 3.58. The molecule has 0 spiro atoms. The highest BCUT2D eigenvalue weighted by molar-refractivity contribution is 5.42. The van der Waals surface area contributed by atoms with Crippen molar-refractivity contribution in [3.05, 3.63) is 11.8 Å². The van der Waals surface area contributed by atoms with Gasteiger partial charge in [0.25, 0.3) is 0 Å². The molecule has 1 unspecified atom stereocenters. The number of aliphatic hydroxyl groups excluding tert-OH is 1. The maximum atomic E-state index is 13.0. The molecular weight excluding hydrogens is 244 g/mol. The van der Waals surface area contributed by atoms with Gasteiger partial charge in [-0.15, -0.1) is 0 Å². The minimum absolute atomic E-state index is 0.120. The molecule has 1 aliphatic rings. The van der Waals surface area contributed by atoms with Gasteiger partial charge in [0.2, 0.25) is 11.9 Å². The summed E-state index contributed by atoms with van der Waals surface area (Å²) in [6.07, 6.45) is 0.0539. The smallest absolute Gasteiger partial charge is 0.250 e. The van der Waals surface area contributed by atoms with Crippen LogP contribution in [-0.4, -0.2) is 27.0 Å². The molecule has 0 bridgehead atoms. The van der Waals surface area contributed by atoms with Crippen LogP contribution in [0.25, 0.3) is 0 Å². The summed E-state index contributed by atoms with van der Waals surface area (Å²) in [7, 11) is 0. The second-order valence-electron chi connectivity index (χ2n) is 4.31. The van der Waals surface area contributed by atoms with Crippen LogP contribution in [-0.2, 0) is 6.61 Å². The normalized spacial score (nSPS) is 21.9. The van der Waals surface area contributed by atoms with E-state index in [9.17, 15) is 8.78 Å². The molecule has 8 heteroatoms. The van der Waals surface area contributed by atoms with Crippen LogP contribution in [0.2, 0.25) is 0 Å². The molecule has 0 radical (unpaired) electrons. The molecule has 0 amide bonds.